The zero-order valence-corrected chi connectivity index (χ0v) is 24.0. The second-order valence-corrected chi connectivity index (χ2v) is 12.2. The highest BCUT2D eigenvalue weighted by Crippen LogP contribution is 2.42. The molecule has 1 aliphatic carbocycles. The van der Waals surface area contributed by atoms with Crippen LogP contribution in [-0.4, -0.2) is 35.6 Å². The van der Waals surface area contributed by atoms with Crippen molar-refractivity contribution in [2.75, 3.05) is 4.90 Å². The summed E-state index contributed by atoms with van der Waals surface area (Å²) in [5, 5.41) is 5.28. The van der Waals surface area contributed by atoms with Gasteiger partial charge in [0.2, 0.25) is 5.91 Å². The molecule has 40 heavy (non-hydrogen) atoms. The van der Waals surface area contributed by atoms with Crippen LogP contribution in [0.5, 0.6) is 0 Å². The van der Waals surface area contributed by atoms with E-state index in [-0.39, 0.29) is 18.0 Å². The zero-order chi connectivity index (χ0) is 27.5. The van der Waals surface area contributed by atoms with Crippen LogP contribution in [0, 0.1) is 27.7 Å². The summed E-state index contributed by atoms with van der Waals surface area (Å²) >= 11 is 1.80. The van der Waals surface area contributed by atoms with Gasteiger partial charge in [0.15, 0.2) is 0 Å². The summed E-state index contributed by atoms with van der Waals surface area (Å²) < 4.78 is 7.88. The van der Waals surface area contributed by atoms with E-state index < -0.39 is 0 Å². The van der Waals surface area contributed by atoms with Crippen LogP contribution in [-0.2, 0) is 17.6 Å². The monoisotopic (exact) mass is 553 g/mol. The van der Waals surface area contributed by atoms with Gasteiger partial charge < -0.3 is 9.09 Å². The average Bonchev–Trinajstić information content (AvgIpc) is 3.61. The fraction of sp³-hybridized carbons (Fsp3) is 0.400. The number of carbonyl (C=O) groups is 1. The minimum atomic E-state index is -0.202. The third kappa shape index (κ3) is 4.13. The number of fused-ring (bicyclic) bond motifs is 2. The summed E-state index contributed by atoms with van der Waals surface area (Å²) in [6.07, 6.45) is 8.52. The minimum absolute atomic E-state index is 0.0859. The molecule has 0 radical (unpaired) electrons. The first-order valence-electron chi connectivity index (χ1n) is 13.9. The van der Waals surface area contributed by atoms with Crippen molar-refractivity contribution in [1.82, 2.24) is 29.7 Å². The van der Waals surface area contributed by atoms with Crippen molar-refractivity contribution in [3.05, 3.63) is 69.3 Å². The quantitative estimate of drug-likeness (QED) is 0.263. The van der Waals surface area contributed by atoms with E-state index in [1.807, 2.05) is 25.7 Å². The van der Waals surface area contributed by atoms with E-state index >= 15 is 0 Å². The molecule has 10 heteroatoms. The Labute approximate surface area is 236 Å². The molecule has 0 spiro atoms. The number of thiazole rings is 1. The van der Waals surface area contributed by atoms with E-state index in [4.69, 9.17) is 14.5 Å². The van der Waals surface area contributed by atoms with Gasteiger partial charge in [0.25, 0.3) is 0 Å². The molecule has 4 aromatic heterocycles. The Morgan fingerprint density at radius 2 is 1.85 bits per heavy atom. The van der Waals surface area contributed by atoms with Crippen LogP contribution < -0.4 is 4.90 Å². The topological polar surface area (TPSA) is 103 Å². The Balaban J connectivity index is 1.40. The maximum absolute atomic E-state index is 13.4. The molecule has 1 aliphatic heterocycles. The number of aromatic nitrogens is 6. The number of anilines is 1. The maximum Gasteiger partial charge on any atom is 0.227 e. The fourth-order valence-electron chi connectivity index (χ4n) is 6.44. The smallest absolute Gasteiger partial charge is 0.227 e. The summed E-state index contributed by atoms with van der Waals surface area (Å²) in [6, 6.07) is 6.47. The lowest BCUT2D eigenvalue weighted by molar-refractivity contribution is -0.120. The number of benzene rings is 1. The second-order valence-electron chi connectivity index (χ2n) is 10.9. The molecule has 9 nitrogen and oxygen atoms in total. The van der Waals surface area contributed by atoms with Crippen LogP contribution in [0.15, 0.2) is 35.1 Å². The molecule has 1 saturated heterocycles. The van der Waals surface area contributed by atoms with Gasteiger partial charge in [-0.2, -0.15) is 0 Å². The normalized spacial score (nSPS) is 19.4. The van der Waals surface area contributed by atoms with Crippen molar-refractivity contribution >= 4 is 34.0 Å². The van der Waals surface area contributed by atoms with Crippen molar-refractivity contribution < 1.29 is 9.32 Å². The van der Waals surface area contributed by atoms with Gasteiger partial charge in [-0.15, -0.1) is 11.3 Å². The van der Waals surface area contributed by atoms with Crippen LogP contribution in [0.2, 0.25) is 0 Å². The summed E-state index contributed by atoms with van der Waals surface area (Å²) in [6.45, 7) is 7.84. The molecule has 0 N–H and O–H groups in total. The molecule has 2 aliphatic rings. The van der Waals surface area contributed by atoms with Crippen molar-refractivity contribution in [3.63, 3.8) is 0 Å². The number of piperidine rings is 1. The van der Waals surface area contributed by atoms with Gasteiger partial charge in [0.05, 0.1) is 51.6 Å². The highest BCUT2D eigenvalue weighted by Gasteiger charge is 2.37. The predicted molar refractivity (Wildman–Crippen MR) is 153 cm³/mol. The van der Waals surface area contributed by atoms with Crippen LogP contribution in [0.4, 0.5) is 5.69 Å². The molecule has 1 aromatic carbocycles. The summed E-state index contributed by atoms with van der Waals surface area (Å²) in [5.41, 5.74) is 6.85. The van der Waals surface area contributed by atoms with Crippen molar-refractivity contribution in [2.45, 2.75) is 78.3 Å². The number of hydrogen-bond acceptors (Lipinski definition) is 8. The van der Waals surface area contributed by atoms with E-state index in [1.165, 1.54) is 10.6 Å². The molecule has 204 valence electrons. The van der Waals surface area contributed by atoms with Crippen LogP contribution in [0.25, 0.3) is 22.2 Å². The number of hydrogen-bond donors (Lipinski definition) is 0. The standard InChI is InChI=1S/C30H31N7O2S/c1-16-29(17(2)39-35-16)20-8-11-25-24(12-20)34-30(37(25)21-9-10-23-27(13-21)40-19(4)33-23)26-6-5-7-28(38)36(26)22-14-31-18(3)32-15-22/h8,11-12,14-15,21,26H,5-7,9-10,13H2,1-4H3. The van der Waals surface area contributed by atoms with Crippen LogP contribution in [0.3, 0.4) is 0 Å². The Hall–Kier alpha value is -3.92. The van der Waals surface area contributed by atoms with Crippen LogP contribution >= 0.6 is 11.3 Å². The number of nitrogens with zero attached hydrogens (tertiary/aromatic N) is 7. The van der Waals surface area contributed by atoms with Gasteiger partial charge >= 0.3 is 0 Å². The van der Waals surface area contributed by atoms with E-state index in [0.29, 0.717) is 12.2 Å². The Morgan fingerprint density at radius 3 is 2.62 bits per heavy atom. The molecule has 5 aromatic rings. The summed E-state index contributed by atoms with van der Waals surface area (Å²) in [7, 11) is 0. The highest BCUT2D eigenvalue weighted by molar-refractivity contribution is 7.11. The number of rotatable bonds is 4. The Kier molecular flexibility index (Phi) is 6.03. The van der Waals surface area contributed by atoms with E-state index in [9.17, 15) is 4.79 Å². The van der Waals surface area contributed by atoms with Gasteiger partial charge in [-0.1, -0.05) is 11.2 Å². The molecule has 7 rings (SSSR count). The fourth-order valence-corrected chi connectivity index (χ4v) is 7.50. The van der Waals surface area contributed by atoms with Gasteiger partial charge in [-0.05, 0) is 71.1 Å². The van der Waals surface area contributed by atoms with E-state index in [0.717, 1.165) is 82.2 Å². The lowest BCUT2D eigenvalue weighted by Gasteiger charge is -2.36. The Bertz CT molecular complexity index is 1730. The SMILES string of the molecule is Cc1ncc(N2C(=O)CCCC2c2nc3cc(-c4c(C)noc4C)ccc3n2C2CCc3nc(C)sc3C2)cn1. The zero-order valence-electron chi connectivity index (χ0n) is 23.1. The predicted octanol–water partition coefficient (Wildman–Crippen LogP) is 6.16. The first-order chi connectivity index (χ1) is 19.4. The lowest BCUT2D eigenvalue weighted by atomic mass is 9.95. The molecule has 2 unspecified atom stereocenters. The van der Waals surface area contributed by atoms with Gasteiger partial charge in [-0.25, -0.2) is 19.9 Å². The first kappa shape index (κ1) is 25.1. The molecular formula is C30H31N7O2S. The van der Waals surface area contributed by atoms with Crippen molar-refractivity contribution in [1.29, 1.82) is 0 Å². The van der Waals surface area contributed by atoms with E-state index in [2.05, 4.69) is 44.8 Å². The van der Waals surface area contributed by atoms with E-state index in [1.54, 1.807) is 23.7 Å². The summed E-state index contributed by atoms with van der Waals surface area (Å²) in [5.74, 6) is 2.49. The average molecular weight is 554 g/mol. The third-order valence-electron chi connectivity index (χ3n) is 8.22. The lowest BCUT2D eigenvalue weighted by Crippen LogP contribution is -2.40. The molecule has 1 amide bonds. The molecule has 0 saturated carbocycles. The first-order valence-corrected chi connectivity index (χ1v) is 14.7. The number of aryl methyl sites for hydroxylation is 5. The van der Waals surface area contributed by atoms with Gasteiger partial charge in [0.1, 0.15) is 17.4 Å². The van der Waals surface area contributed by atoms with Crippen molar-refractivity contribution in [2.24, 2.45) is 0 Å². The molecule has 5 heterocycles. The molecular weight excluding hydrogens is 522 g/mol. The van der Waals surface area contributed by atoms with Crippen molar-refractivity contribution in [3.8, 4) is 11.1 Å². The molecule has 1 fully saturated rings. The van der Waals surface area contributed by atoms with Gasteiger partial charge in [0, 0.05) is 29.3 Å². The number of amides is 1. The third-order valence-corrected chi connectivity index (χ3v) is 9.25. The summed E-state index contributed by atoms with van der Waals surface area (Å²) in [4.78, 5) is 35.5. The highest BCUT2D eigenvalue weighted by atomic mass is 32.1. The van der Waals surface area contributed by atoms with Gasteiger partial charge in [-0.3, -0.25) is 9.69 Å². The second kappa shape index (κ2) is 9.62. The minimum Gasteiger partial charge on any atom is -0.361 e. The Morgan fingerprint density at radius 1 is 1.02 bits per heavy atom. The maximum atomic E-state index is 13.4. The number of imidazole rings is 1. The molecule has 2 atom stereocenters. The van der Waals surface area contributed by atoms with Crippen LogP contribution in [0.1, 0.15) is 76.4 Å². The largest absolute Gasteiger partial charge is 0.361 e. The molecule has 0 bridgehead atoms. The number of carbonyl (C=O) groups excluding carboxylic acids is 1.